The lowest BCUT2D eigenvalue weighted by Gasteiger charge is -2.20. The lowest BCUT2D eigenvalue weighted by molar-refractivity contribution is -0.122. The van der Waals surface area contributed by atoms with E-state index in [1.807, 2.05) is 27.7 Å². The van der Waals surface area contributed by atoms with Gasteiger partial charge >= 0.3 is 6.01 Å². The van der Waals surface area contributed by atoms with Gasteiger partial charge in [-0.3, -0.25) is 4.79 Å². The number of carbonyl (C=O) groups is 1. The Morgan fingerprint density at radius 3 is 2.62 bits per heavy atom. The van der Waals surface area contributed by atoms with Crippen molar-refractivity contribution in [3.05, 3.63) is 5.28 Å². The third-order valence-electron chi connectivity index (χ3n) is 2.17. The second kappa shape index (κ2) is 7.97. The fourth-order valence-corrected chi connectivity index (χ4v) is 1.59. The first-order chi connectivity index (χ1) is 9.80. The van der Waals surface area contributed by atoms with Crippen LogP contribution in [0.5, 0.6) is 6.01 Å². The molecule has 0 aliphatic heterocycles. The molecule has 0 saturated carbocycles. The van der Waals surface area contributed by atoms with E-state index in [-0.39, 0.29) is 22.7 Å². The number of amides is 1. The summed E-state index contributed by atoms with van der Waals surface area (Å²) in [6.07, 6.45) is 1.16. The van der Waals surface area contributed by atoms with E-state index in [0.717, 1.165) is 6.42 Å². The van der Waals surface area contributed by atoms with Crippen LogP contribution in [0.2, 0.25) is 5.28 Å². The largest absolute Gasteiger partial charge is 0.463 e. The van der Waals surface area contributed by atoms with E-state index in [2.05, 4.69) is 25.6 Å². The predicted octanol–water partition coefficient (Wildman–Crippen LogP) is 2.03. The van der Waals surface area contributed by atoms with Gasteiger partial charge in [0.15, 0.2) is 0 Å². The number of nitrogens with zero attached hydrogens (tertiary/aromatic N) is 3. The Labute approximate surface area is 129 Å². The van der Waals surface area contributed by atoms with E-state index in [9.17, 15) is 4.79 Å². The number of hydrogen-bond acceptors (Lipinski definition) is 6. The van der Waals surface area contributed by atoms with Crippen LogP contribution in [-0.4, -0.2) is 39.5 Å². The molecule has 2 N–H and O–H groups in total. The maximum atomic E-state index is 11.7. The van der Waals surface area contributed by atoms with Crippen molar-refractivity contribution < 1.29 is 9.53 Å². The molecule has 21 heavy (non-hydrogen) atoms. The Kier molecular flexibility index (Phi) is 6.61. The molecule has 0 aliphatic carbocycles. The Hall–Kier alpha value is -1.63. The molecule has 1 amide bonds. The van der Waals surface area contributed by atoms with Crippen molar-refractivity contribution in [2.45, 2.75) is 46.1 Å². The molecular formula is C13H22ClN5O2. The molecule has 0 unspecified atom stereocenters. The summed E-state index contributed by atoms with van der Waals surface area (Å²) >= 11 is 5.80. The average molecular weight is 316 g/mol. The van der Waals surface area contributed by atoms with Gasteiger partial charge in [-0.05, 0) is 38.8 Å². The highest BCUT2D eigenvalue weighted by atomic mass is 35.5. The van der Waals surface area contributed by atoms with E-state index in [4.69, 9.17) is 16.3 Å². The minimum absolute atomic E-state index is 0.0439. The smallest absolute Gasteiger partial charge is 0.322 e. The zero-order valence-electron chi connectivity index (χ0n) is 12.9. The molecule has 0 fully saturated rings. The molecule has 8 heteroatoms. The molecule has 0 atom stereocenters. The van der Waals surface area contributed by atoms with Crippen LogP contribution in [0, 0.1) is 0 Å². The lowest BCUT2D eigenvalue weighted by Crippen LogP contribution is -2.41. The van der Waals surface area contributed by atoms with Crippen LogP contribution < -0.4 is 15.4 Å². The second-order valence-electron chi connectivity index (χ2n) is 5.53. The van der Waals surface area contributed by atoms with Crippen molar-refractivity contribution >= 4 is 23.5 Å². The van der Waals surface area contributed by atoms with Gasteiger partial charge in [0.2, 0.25) is 17.1 Å². The van der Waals surface area contributed by atoms with E-state index in [0.29, 0.717) is 25.5 Å². The minimum atomic E-state index is -0.241. The fourth-order valence-electron chi connectivity index (χ4n) is 1.44. The number of anilines is 1. The Morgan fingerprint density at radius 1 is 1.29 bits per heavy atom. The third-order valence-corrected chi connectivity index (χ3v) is 2.34. The Morgan fingerprint density at radius 2 is 2.00 bits per heavy atom. The molecule has 1 rings (SSSR count). The lowest BCUT2D eigenvalue weighted by atomic mass is 10.1. The summed E-state index contributed by atoms with van der Waals surface area (Å²) in [5.74, 6) is 0.252. The van der Waals surface area contributed by atoms with Crippen LogP contribution >= 0.6 is 11.6 Å². The molecule has 1 heterocycles. The van der Waals surface area contributed by atoms with E-state index in [1.165, 1.54) is 0 Å². The van der Waals surface area contributed by atoms with Gasteiger partial charge in [0.05, 0.1) is 6.61 Å². The standard InChI is InChI=1S/C13H22ClN5O2/c1-5-8-21-12-17-10(14)16-11(18-12)15-7-6-9(20)19-13(2,3)4/h5-8H2,1-4H3,(H,19,20)(H,15,16,17,18). The van der Waals surface area contributed by atoms with Crippen LogP contribution in [0.25, 0.3) is 0 Å². The summed E-state index contributed by atoms with van der Waals surface area (Å²) < 4.78 is 5.30. The van der Waals surface area contributed by atoms with Gasteiger partial charge in [-0.15, -0.1) is 0 Å². The summed E-state index contributed by atoms with van der Waals surface area (Å²) in [5, 5.41) is 5.86. The first-order valence-electron chi connectivity index (χ1n) is 6.89. The maximum absolute atomic E-state index is 11.7. The highest BCUT2D eigenvalue weighted by Crippen LogP contribution is 2.11. The number of carbonyl (C=O) groups excluding carboxylic acids is 1. The van der Waals surface area contributed by atoms with Gasteiger partial charge in [0.1, 0.15) is 0 Å². The molecule has 0 aliphatic rings. The summed E-state index contributed by atoms with van der Waals surface area (Å²) in [4.78, 5) is 23.5. The highest BCUT2D eigenvalue weighted by molar-refractivity contribution is 6.28. The zero-order valence-corrected chi connectivity index (χ0v) is 13.6. The number of rotatable bonds is 7. The van der Waals surface area contributed by atoms with Crippen molar-refractivity contribution in [1.29, 1.82) is 0 Å². The van der Waals surface area contributed by atoms with Crippen LogP contribution in [0.15, 0.2) is 0 Å². The molecule has 0 saturated heterocycles. The first-order valence-corrected chi connectivity index (χ1v) is 7.27. The molecule has 118 valence electrons. The predicted molar refractivity (Wildman–Crippen MR) is 81.6 cm³/mol. The highest BCUT2D eigenvalue weighted by Gasteiger charge is 2.13. The topological polar surface area (TPSA) is 89.0 Å². The molecule has 7 nitrogen and oxygen atoms in total. The summed E-state index contributed by atoms with van der Waals surface area (Å²) in [6, 6.07) is 0.179. The number of hydrogen-bond donors (Lipinski definition) is 2. The molecule has 0 spiro atoms. The fraction of sp³-hybridized carbons (Fsp3) is 0.692. The van der Waals surface area contributed by atoms with Gasteiger partial charge in [-0.25, -0.2) is 0 Å². The number of halogens is 1. The molecule has 0 aromatic carbocycles. The quantitative estimate of drug-likeness (QED) is 0.800. The van der Waals surface area contributed by atoms with E-state index < -0.39 is 0 Å². The molecule has 0 radical (unpaired) electrons. The average Bonchev–Trinajstić information content (AvgIpc) is 2.33. The SMILES string of the molecule is CCCOc1nc(Cl)nc(NCCC(=O)NC(C)(C)C)n1. The zero-order chi connectivity index (χ0) is 15.9. The van der Waals surface area contributed by atoms with Gasteiger partial charge in [0.25, 0.3) is 0 Å². The van der Waals surface area contributed by atoms with Crippen LogP contribution in [0.3, 0.4) is 0 Å². The number of nitrogens with one attached hydrogen (secondary N) is 2. The molecule has 1 aromatic heterocycles. The van der Waals surface area contributed by atoms with Gasteiger partial charge in [-0.1, -0.05) is 6.92 Å². The van der Waals surface area contributed by atoms with Crippen molar-refractivity contribution in [2.75, 3.05) is 18.5 Å². The Balaban J connectivity index is 2.48. The van der Waals surface area contributed by atoms with Crippen LogP contribution in [0.4, 0.5) is 5.95 Å². The number of ether oxygens (including phenoxy) is 1. The summed E-state index contributed by atoms with van der Waals surface area (Å²) in [7, 11) is 0. The number of aromatic nitrogens is 3. The van der Waals surface area contributed by atoms with Gasteiger partial charge in [0, 0.05) is 18.5 Å². The maximum Gasteiger partial charge on any atom is 0.322 e. The van der Waals surface area contributed by atoms with E-state index in [1.54, 1.807) is 0 Å². The third kappa shape index (κ3) is 7.65. The first kappa shape index (κ1) is 17.4. The van der Waals surface area contributed by atoms with Crippen molar-refractivity contribution in [3.8, 4) is 6.01 Å². The molecule has 0 bridgehead atoms. The van der Waals surface area contributed by atoms with Crippen molar-refractivity contribution in [3.63, 3.8) is 0 Å². The minimum Gasteiger partial charge on any atom is -0.463 e. The monoisotopic (exact) mass is 315 g/mol. The normalized spacial score (nSPS) is 11.1. The summed E-state index contributed by atoms with van der Waals surface area (Å²) in [6.45, 7) is 8.68. The van der Waals surface area contributed by atoms with Crippen molar-refractivity contribution in [2.24, 2.45) is 0 Å². The van der Waals surface area contributed by atoms with Crippen LogP contribution in [-0.2, 0) is 4.79 Å². The van der Waals surface area contributed by atoms with Crippen molar-refractivity contribution in [1.82, 2.24) is 20.3 Å². The Bertz CT molecular complexity index is 476. The van der Waals surface area contributed by atoms with Crippen LogP contribution in [0.1, 0.15) is 40.5 Å². The molecule has 1 aromatic rings. The molecular weight excluding hydrogens is 294 g/mol. The van der Waals surface area contributed by atoms with Gasteiger partial charge in [-0.2, -0.15) is 15.0 Å². The summed E-state index contributed by atoms with van der Waals surface area (Å²) in [5.41, 5.74) is -0.241. The van der Waals surface area contributed by atoms with Gasteiger partial charge < -0.3 is 15.4 Å². The second-order valence-corrected chi connectivity index (χ2v) is 5.87. The van der Waals surface area contributed by atoms with E-state index >= 15 is 0 Å².